The number of nitrogens with zero attached hydrogens (tertiary/aromatic N) is 4. The first kappa shape index (κ1) is 24.2. The highest BCUT2D eigenvalue weighted by Gasteiger charge is 2.22. The number of anilines is 1. The Kier molecular flexibility index (Phi) is 6.57. The summed E-state index contributed by atoms with van der Waals surface area (Å²) >= 11 is 0. The number of nitrogens with one attached hydrogen (secondary N) is 1. The number of carbonyl (C=O) groups excluding carboxylic acids is 2. The number of carbonyl (C=O) groups is 2. The van der Waals surface area contributed by atoms with Gasteiger partial charge in [0.1, 0.15) is 5.69 Å². The topological polar surface area (TPSA) is 135 Å². The van der Waals surface area contributed by atoms with Crippen molar-refractivity contribution < 1.29 is 9.59 Å². The molecule has 0 aliphatic heterocycles. The number of primary amides is 1. The number of aromatic nitrogens is 3. The molecule has 0 bridgehead atoms. The van der Waals surface area contributed by atoms with Gasteiger partial charge in [-0.05, 0) is 73.9 Å². The van der Waals surface area contributed by atoms with Crippen LogP contribution in [0.2, 0.25) is 0 Å². The number of hydrogen-bond acceptors (Lipinski definition) is 6. The summed E-state index contributed by atoms with van der Waals surface area (Å²) < 4.78 is 0. The van der Waals surface area contributed by atoms with Crippen LogP contribution in [0, 0.1) is 18.3 Å². The highest BCUT2D eigenvalue weighted by atomic mass is 16.2. The summed E-state index contributed by atoms with van der Waals surface area (Å²) in [7, 11) is 0. The number of amides is 2. The molecule has 4 rings (SSSR count). The van der Waals surface area contributed by atoms with Gasteiger partial charge in [-0.15, -0.1) is 0 Å². The average Bonchev–Trinajstić information content (AvgIpc) is 2.90. The molecule has 0 radical (unpaired) electrons. The van der Waals surface area contributed by atoms with Crippen molar-refractivity contribution in [2.24, 2.45) is 5.73 Å². The van der Waals surface area contributed by atoms with E-state index in [0.717, 1.165) is 27.9 Å². The lowest BCUT2D eigenvalue weighted by Gasteiger charge is -2.15. The summed E-state index contributed by atoms with van der Waals surface area (Å²) in [5.74, 6) is -0.914. The number of aryl methyl sites for hydroxylation is 1. The van der Waals surface area contributed by atoms with E-state index < -0.39 is 11.3 Å². The zero-order valence-electron chi connectivity index (χ0n) is 20.1. The van der Waals surface area contributed by atoms with Gasteiger partial charge in [-0.2, -0.15) is 5.26 Å². The SMILES string of the molecule is Cc1ncc(NC(=O)c2ccnc(C(C)(C)C#N)c2)cc1-c1cccc(-c2ccnc(C(N)=O)c2)c1. The van der Waals surface area contributed by atoms with Gasteiger partial charge >= 0.3 is 0 Å². The van der Waals surface area contributed by atoms with Crippen LogP contribution in [0.15, 0.2) is 73.2 Å². The third kappa shape index (κ3) is 5.10. The van der Waals surface area contributed by atoms with Crippen LogP contribution in [-0.2, 0) is 5.41 Å². The maximum absolute atomic E-state index is 12.9. The van der Waals surface area contributed by atoms with E-state index in [1.165, 1.54) is 6.20 Å². The van der Waals surface area contributed by atoms with Crippen LogP contribution in [-0.4, -0.2) is 26.8 Å². The van der Waals surface area contributed by atoms with Crippen molar-refractivity contribution in [3.8, 4) is 28.3 Å². The fourth-order valence-corrected chi connectivity index (χ4v) is 3.68. The van der Waals surface area contributed by atoms with Gasteiger partial charge in [0.25, 0.3) is 11.8 Å². The van der Waals surface area contributed by atoms with E-state index in [0.29, 0.717) is 16.9 Å². The molecular formula is C28H24N6O2. The molecule has 8 nitrogen and oxygen atoms in total. The largest absolute Gasteiger partial charge is 0.364 e. The number of benzene rings is 1. The minimum atomic E-state index is -0.813. The number of hydrogen-bond donors (Lipinski definition) is 2. The standard InChI is InChI=1S/C28H24N6O2/c1-17-23(20-6-4-5-18(11-20)19-7-9-31-24(12-19)26(30)35)14-22(15-33-17)34-27(36)21-8-10-32-25(13-21)28(2,3)16-29/h4-15H,1-3H3,(H2,30,35)(H,34,36). The van der Waals surface area contributed by atoms with Gasteiger partial charge in [0.2, 0.25) is 0 Å². The molecule has 3 heterocycles. The van der Waals surface area contributed by atoms with Gasteiger partial charge < -0.3 is 11.1 Å². The summed E-state index contributed by atoms with van der Waals surface area (Å²) in [6.45, 7) is 5.40. The zero-order chi connectivity index (χ0) is 25.9. The highest BCUT2D eigenvalue weighted by Crippen LogP contribution is 2.30. The van der Waals surface area contributed by atoms with Crippen molar-refractivity contribution >= 4 is 17.5 Å². The molecule has 36 heavy (non-hydrogen) atoms. The van der Waals surface area contributed by atoms with Crippen LogP contribution in [0.4, 0.5) is 5.69 Å². The molecular weight excluding hydrogens is 452 g/mol. The Labute approximate surface area is 208 Å². The van der Waals surface area contributed by atoms with Gasteiger partial charge in [-0.25, -0.2) is 0 Å². The lowest BCUT2D eigenvalue weighted by Crippen LogP contribution is -2.18. The van der Waals surface area contributed by atoms with Crippen molar-refractivity contribution in [1.82, 2.24) is 15.0 Å². The van der Waals surface area contributed by atoms with E-state index in [9.17, 15) is 14.9 Å². The van der Waals surface area contributed by atoms with E-state index in [-0.39, 0.29) is 11.6 Å². The molecule has 0 spiro atoms. The average molecular weight is 477 g/mol. The monoisotopic (exact) mass is 476 g/mol. The summed E-state index contributed by atoms with van der Waals surface area (Å²) in [4.78, 5) is 37.2. The van der Waals surface area contributed by atoms with Gasteiger partial charge in [0.05, 0.1) is 29.1 Å². The van der Waals surface area contributed by atoms with Crippen LogP contribution in [0.25, 0.3) is 22.3 Å². The molecule has 4 aromatic rings. The minimum Gasteiger partial charge on any atom is -0.364 e. The predicted octanol–water partition coefficient (Wildman–Crippen LogP) is 4.67. The quantitative estimate of drug-likeness (QED) is 0.415. The molecule has 3 N–H and O–H groups in total. The van der Waals surface area contributed by atoms with Crippen LogP contribution >= 0.6 is 0 Å². The molecule has 8 heteroatoms. The third-order valence-electron chi connectivity index (χ3n) is 5.81. The molecule has 3 aromatic heterocycles. The predicted molar refractivity (Wildman–Crippen MR) is 137 cm³/mol. The van der Waals surface area contributed by atoms with Gasteiger partial charge in [-0.1, -0.05) is 18.2 Å². The Hall–Kier alpha value is -4.90. The Morgan fingerprint density at radius 2 is 1.67 bits per heavy atom. The molecule has 0 saturated heterocycles. The maximum atomic E-state index is 12.9. The van der Waals surface area contributed by atoms with Gasteiger partial charge in [0, 0.05) is 29.2 Å². The van der Waals surface area contributed by atoms with Crippen LogP contribution in [0.5, 0.6) is 0 Å². The first-order valence-electron chi connectivity index (χ1n) is 11.2. The second kappa shape index (κ2) is 9.76. The number of nitrogens with two attached hydrogens (primary N) is 1. The number of nitriles is 1. The molecule has 0 aliphatic carbocycles. The normalized spacial score (nSPS) is 10.9. The highest BCUT2D eigenvalue weighted by molar-refractivity contribution is 6.04. The molecule has 0 atom stereocenters. The molecule has 178 valence electrons. The fraction of sp³-hybridized carbons (Fsp3) is 0.143. The lowest BCUT2D eigenvalue weighted by atomic mass is 9.90. The number of rotatable bonds is 6. The van der Waals surface area contributed by atoms with Gasteiger partial charge in [0.15, 0.2) is 0 Å². The fourth-order valence-electron chi connectivity index (χ4n) is 3.68. The zero-order valence-corrected chi connectivity index (χ0v) is 20.1. The van der Waals surface area contributed by atoms with Crippen molar-refractivity contribution in [2.45, 2.75) is 26.2 Å². The van der Waals surface area contributed by atoms with E-state index in [4.69, 9.17) is 5.73 Å². The van der Waals surface area contributed by atoms with Crippen LogP contribution < -0.4 is 11.1 Å². The van der Waals surface area contributed by atoms with E-state index in [1.807, 2.05) is 43.3 Å². The molecule has 0 fully saturated rings. The second-order valence-corrected chi connectivity index (χ2v) is 8.85. The molecule has 0 unspecified atom stereocenters. The Bertz CT molecular complexity index is 1520. The first-order valence-corrected chi connectivity index (χ1v) is 11.2. The smallest absolute Gasteiger partial charge is 0.267 e. The van der Waals surface area contributed by atoms with Crippen molar-refractivity contribution in [1.29, 1.82) is 5.26 Å². The van der Waals surface area contributed by atoms with E-state index in [1.54, 1.807) is 44.4 Å². The van der Waals surface area contributed by atoms with Crippen molar-refractivity contribution in [3.63, 3.8) is 0 Å². The summed E-state index contributed by atoms with van der Waals surface area (Å²) in [6, 6.07) is 18.5. The summed E-state index contributed by atoms with van der Waals surface area (Å²) in [6.07, 6.45) is 4.67. The first-order chi connectivity index (χ1) is 17.2. The Morgan fingerprint density at radius 1 is 0.944 bits per heavy atom. The number of pyridine rings is 3. The minimum absolute atomic E-state index is 0.192. The summed E-state index contributed by atoms with van der Waals surface area (Å²) in [5, 5.41) is 12.3. The van der Waals surface area contributed by atoms with Gasteiger partial charge in [-0.3, -0.25) is 24.5 Å². The van der Waals surface area contributed by atoms with Crippen LogP contribution in [0.1, 0.15) is 46.1 Å². The molecule has 0 aliphatic rings. The lowest BCUT2D eigenvalue weighted by molar-refractivity contribution is 0.0993. The molecule has 0 saturated carbocycles. The molecule has 2 amide bonds. The third-order valence-corrected chi connectivity index (χ3v) is 5.81. The van der Waals surface area contributed by atoms with E-state index >= 15 is 0 Å². The molecule has 1 aromatic carbocycles. The van der Waals surface area contributed by atoms with E-state index in [2.05, 4.69) is 26.3 Å². The second-order valence-electron chi connectivity index (χ2n) is 8.85. The Balaban J connectivity index is 1.63. The van der Waals surface area contributed by atoms with Crippen LogP contribution in [0.3, 0.4) is 0 Å². The summed E-state index contributed by atoms with van der Waals surface area (Å²) in [5.41, 5.74) is 10.4. The maximum Gasteiger partial charge on any atom is 0.267 e. The van der Waals surface area contributed by atoms with Crippen molar-refractivity contribution in [2.75, 3.05) is 5.32 Å². The Morgan fingerprint density at radius 3 is 2.42 bits per heavy atom. The van der Waals surface area contributed by atoms with Crippen molar-refractivity contribution in [3.05, 3.63) is 95.8 Å².